The van der Waals surface area contributed by atoms with Crippen molar-refractivity contribution in [3.63, 3.8) is 0 Å². The first-order chi connectivity index (χ1) is 9.40. The van der Waals surface area contributed by atoms with Crippen molar-refractivity contribution in [3.8, 4) is 0 Å². The summed E-state index contributed by atoms with van der Waals surface area (Å²) >= 11 is 2.07. The Morgan fingerprint density at radius 1 is 1.21 bits per heavy atom. The normalized spacial score (nSPS) is 19.1. The van der Waals surface area contributed by atoms with Gasteiger partial charge in [0.1, 0.15) is 0 Å². The minimum atomic E-state index is 0.537. The van der Waals surface area contributed by atoms with Gasteiger partial charge in [-0.2, -0.15) is 11.8 Å². The first-order valence-electron chi connectivity index (χ1n) is 7.22. The van der Waals surface area contributed by atoms with Crippen LogP contribution in [-0.2, 0) is 5.75 Å². The molecule has 2 aromatic carbocycles. The Labute approximate surface area is 119 Å². The van der Waals surface area contributed by atoms with Crippen molar-refractivity contribution >= 4 is 22.5 Å². The molecule has 0 saturated carbocycles. The monoisotopic (exact) mass is 271 g/mol. The van der Waals surface area contributed by atoms with Gasteiger partial charge in [0.05, 0.1) is 0 Å². The van der Waals surface area contributed by atoms with E-state index in [1.54, 1.807) is 5.56 Å². The third-order valence-corrected chi connectivity index (χ3v) is 4.91. The van der Waals surface area contributed by atoms with E-state index in [-0.39, 0.29) is 0 Å². The Kier molecular flexibility index (Phi) is 4.09. The molecule has 0 bridgehead atoms. The average Bonchev–Trinajstić information content (AvgIpc) is 2.67. The number of thioether (sulfide) groups is 1. The topological polar surface area (TPSA) is 12.0 Å². The molecule has 1 N–H and O–H groups in total. The average molecular weight is 271 g/mol. The Bertz CT molecular complexity index is 564. The highest BCUT2D eigenvalue weighted by Gasteiger charge is 2.19. The van der Waals surface area contributed by atoms with Crippen LogP contribution in [0.5, 0.6) is 0 Å². The van der Waals surface area contributed by atoms with Crippen LogP contribution < -0.4 is 5.32 Å². The summed E-state index contributed by atoms with van der Waals surface area (Å²) in [6.07, 6.45) is 2.45. The lowest BCUT2D eigenvalue weighted by atomic mass is 9.94. The molecular weight excluding hydrogens is 250 g/mol. The molecule has 1 aliphatic heterocycles. The Morgan fingerprint density at radius 2 is 2.11 bits per heavy atom. The number of nitrogens with one attached hydrogen (secondary N) is 1. The van der Waals surface area contributed by atoms with Crippen molar-refractivity contribution in [2.75, 3.05) is 12.3 Å². The maximum absolute atomic E-state index is 3.72. The van der Waals surface area contributed by atoms with Gasteiger partial charge in [-0.25, -0.2) is 0 Å². The van der Waals surface area contributed by atoms with Crippen LogP contribution in [0.2, 0.25) is 0 Å². The third-order valence-electron chi connectivity index (χ3n) is 3.89. The molecule has 0 radical (unpaired) electrons. The van der Waals surface area contributed by atoms with Gasteiger partial charge in [0.15, 0.2) is 0 Å². The van der Waals surface area contributed by atoms with Crippen molar-refractivity contribution < 1.29 is 0 Å². The van der Waals surface area contributed by atoms with Crippen molar-refractivity contribution in [2.24, 2.45) is 0 Å². The van der Waals surface area contributed by atoms with E-state index in [1.807, 2.05) is 0 Å². The summed E-state index contributed by atoms with van der Waals surface area (Å²) in [5.74, 6) is 2.41. The minimum Gasteiger partial charge on any atom is -0.310 e. The lowest BCUT2D eigenvalue weighted by Crippen LogP contribution is -2.22. The second kappa shape index (κ2) is 5.98. The highest BCUT2D eigenvalue weighted by atomic mass is 32.2. The van der Waals surface area contributed by atoms with E-state index in [9.17, 15) is 0 Å². The van der Waals surface area contributed by atoms with Gasteiger partial charge in [0, 0.05) is 11.8 Å². The molecule has 19 heavy (non-hydrogen) atoms. The number of hydrogen-bond acceptors (Lipinski definition) is 2. The van der Waals surface area contributed by atoms with Crippen molar-refractivity contribution in [3.05, 3.63) is 47.5 Å². The number of benzene rings is 2. The second-order valence-corrected chi connectivity index (χ2v) is 6.31. The standard InChI is InChI=1S/C17H21NS/c1-2-10-18-17-9-11-19-12-16-14-6-4-3-5-13(14)7-8-15(16)17/h3-8,17-18H,2,9-12H2,1H3. The van der Waals surface area contributed by atoms with Gasteiger partial charge in [0.2, 0.25) is 0 Å². The van der Waals surface area contributed by atoms with Crippen molar-refractivity contribution in [2.45, 2.75) is 31.6 Å². The second-order valence-electron chi connectivity index (χ2n) is 5.20. The molecule has 2 aromatic rings. The zero-order chi connectivity index (χ0) is 13.1. The first kappa shape index (κ1) is 13.0. The van der Waals surface area contributed by atoms with E-state index in [2.05, 4.69) is 60.4 Å². The molecule has 1 aliphatic rings. The molecule has 0 fully saturated rings. The Hall–Kier alpha value is -0.990. The molecule has 0 aromatic heterocycles. The fourth-order valence-corrected chi connectivity index (χ4v) is 3.97. The van der Waals surface area contributed by atoms with Crippen LogP contribution in [0.1, 0.15) is 36.9 Å². The van der Waals surface area contributed by atoms with E-state index < -0.39 is 0 Å². The summed E-state index contributed by atoms with van der Waals surface area (Å²) in [7, 11) is 0. The summed E-state index contributed by atoms with van der Waals surface area (Å²) in [5, 5.41) is 6.53. The molecule has 0 saturated heterocycles. The molecule has 0 aliphatic carbocycles. The van der Waals surface area contributed by atoms with E-state index in [0.717, 1.165) is 12.3 Å². The van der Waals surface area contributed by atoms with Gasteiger partial charge in [0.25, 0.3) is 0 Å². The number of fused-ring (bicyclic) bond motifs is 3. The van der Waals surface area contributed by atoms with Crippen LogP contribution in [0.25, 0.3) is 10.8 Å². The Morgan fingerprint density at radius 3 is 3.00 bits per heavy atom. The molecule has 1 atom stereocenters. The quantitative estimate of drug-likeness (QED) is 0.881. The molecule has 1 nitrogen and oxygen atoms in total. The molecule has 1 unspecified atom stereocenters. The first-order valence-corrected chi connectivity index (χ1v) is 8.37. The molecule has 0 amide bonds. The van der Waals surface area contributed by atoms with Gasteiger partial charge in [-0.05, 0) is 47.0 Å². The SMILES string of the molecule is CCCNC1CCSCc2c1ccc1ccccc21. The lowest BCUT2D eigenvalue weighted by molar-refractivity contribution is 0.522. The van der Waals surface area contributed by atoms with Crippen LogP contribution in [0, 0.1) is 0 Å². The van der Waals surface area contributed by atoms with Crippen molar-refractivity contribution in [1.29, 1.82) is 0 Å². The fourth-order valence-electron chi connectivity index (χ4n) is 2.90. The molecule has 100 valence electrons. The van der Waals surface area contributed by atoms with E-state index >= 15 is 0 Å². The highest BCUT2D eigenvalue weighted by Crippen LogP contribution is 2.35. The molecule has 2 heteroatoms. The van der Waals surface area contributed by atoms with E-state index in [4.69, 9.17) is 0 Å². The van der Waals surface area contributed by atoms with Gasteiger partial charge in [-0.1, -0.05) is 43.3 Å². The minimum absolute atomic E-state index is 0.537. The number of rotatable bonds is 3. The summed E-state index contributed by atoms with van der Waals surface area (Å²) in [5.41, 5.74) is 3.08. The summed E-state index contributed by atoms with van der Waals surface area (Å²) < 4.78 is 0. The largest absolute Gasteiger partial charge is 0.310 e. The predicted molar refractivity (Wildman–Crippen MR) is 85.8 cm³/mol. The van der Waals surface area contributed by atoms with E-state index in [0.29, 0.717) is 6.04 Å². The summed E-state index contributed by atoms with van der Waals surface area (Å²) in [6.45, 7) is 3.35. The van der Waals surface area contributed by atoms with Gasteiger partial charge < -0.3 is 5.32 Å². The maximum atomic E-state index is 3.72. The molecule has 0 spiro atoms. The van der Waals surface area contributed by atoms with Crippen LogP contribution in [-0.4, -0.2) is 12.3 Å². The van der Waals surface area contributed by atoms with Crippen LogP contribution in [0.3, 0.4) is 0 Å². The maximum Gasteiger partial charge on any atom is 0.0331 e. The molecule has 3 rings (SSSR count). The van der Waals surface area contributed by atoms with Crippen LogP contribution >= 0.6 is 11.8 Å². The smallest absolute Gasteiger partial charge is 0.0331 e. The number of hydrogen-bond donors (Lipinski definition) is 1. The van der Waals surface area contributed by atoms with Gasteiger partial charge in [-0.15, -0.1) is 0 Å². The predicted octanol–water partition coefficient (Wildman–Crippen LogP) is 4.52. The van der Waals surface area contributed by atoms with Gasteiger partial charge >= 0.3 is 0 Å². The highest BCUT2D eigenvalue weighted by molar-refractivity contribution is 7.98. The molecule has 1 heterocycles. The summed E-state index contributed by atoms with van der Waals surface area (Å²) in [6, 6.07) is 13.9. The van der Waals surface area contributed by atoms with Crippen LogP contribution in [0.15, 0.2) is 36.4 Å². The van der Waals surface area contributed by atoms with Gasteiger partial charge in [-0.3, -0.25) is 0 Å². The zero-order valence-electron chi connectivity index (χ0n) is 11.5. The third kappa shape index (κ3) is 2.65. The van der Waals surface area contributed by atoms with E-state index in [1.165, 1.54) is 34.9 Å². The van der Waals surface area contributed by atoms with Crippen molar-refractivity contribution in [1.82, 2.24) is 5.32 Å². The van der Waals surface area contributed by atoms with Crippen LogP contribution in [0.4, 0.5) is 0 Å². The molecular formula is C17H21NS. The zero-order valence-corrected chi connectivity index (χ0v) is 12.3. The fraction of sp³-hybridized carbons (Fsp3) is 0.412. The lowest BCUT2D eigenvalue weighted by Gasteiger charge is -2.20. The summed E-state index contributed by atoms with van der Waals surface area (Å²) in [4.78, 5) is 0. The Balaban J connectivity index is 2.06.